The number of hydrogen-bond acceptors (Lipinski definition) is 2. The van der Waals surface area contributed by atoms with Gasteiger partial charge in [0.25, 0.3) is 11.5 Å². The summed E-state index contributed by atoms with van der Waals surface area (Å²) in [6.45, 7) is 0.0967. The first-order valence-electron chi connectivity index (χ1n) is 8.74. The van der Waals surface area contributed by atoms with E-state index >= 15 is 0 Å². The van der Waals surface area contributed by atoms with Gasteiger partial charge in [-0.1, -0.05) is 0 Å². The minimum absolute atomic E-state index is 0.0679. The number of nitrogens with zero attached hydrogens (tertiary/aromatic N) is 2. The molecule has 0 saturated heterocycles. The first-order chi connectivity index (χ1) is 13.8. The monoisotopic (exact) mass is 496 g/mol. The van der Waals surface area contributed by atoms with E-state index in [0.717, 1.165) is 0 Å². The maximum Gasteiger partial charge on any atom is 0.416 e. The zero-order valence-electron chi connectivity index (χ0n) is 15.4. The molecule has 11 heteroatoms. The average molecular weight is 497 g/mol. The zero-order chi connectivity index (χ0) is 22.4. The van der Waals surface area contributed by atoms with Crippen LogP contribution < -0.4 is 5.56 Å². The largest absolute Gasteiger partial charge is 0.416 e. The molecule has 1 aliphatic rings. The van der Waals surface area contributed by atoms with E-state index in [1.807, 2.05) is 0 Å². The summed E-state index contributed by atoms with van der Waals surface area (Å²) in [5.41, 5.74) is -3.33. The van der Waals surface area contributed by atoms with Crippen LogP contribution in [0.2, 0.25) is 0 Å². The molecule has 0 radical (unpaired) electrons. The fourth-order valence-electron chi connectivity index (χ4n) is 3.43. The Labute approximate surface area is 175 Å². The van der Waals surface area contributed by atoms with Crippen molar-refractivity contribution in [2.45, 2.75) is 37.8 Å². The third kappa shape index (κ3) is 4.40. The lowest BCUT2D eigenvalue weighted by Crippen LogP contribution is -2.37. The van der Waals surface area contributed by atoms with Gasteiger partial charge in [-0.2, -0.15) is 26.3 Å². The fourth-order valence-corrected chi connectivity index (χ4v) is 3.77. The van der Waals surface area contributed by atoms with Crippen LogP contribution in [0, 0.1) is 0 Å². The van der Waals surface area contributed by atoms with E-state index in [-0.39, 0.29) is 41.2 Å². The Hall–Kier alpha value is -2.30. The Bertz CT molecular complexity index is 1010. The van der Waals surface area contributed by atoms with Crippen LogP contribution in [-0.2, 0) is 25.3 Å². The van der Waals surface area contributed by atoms with Gasteiger partial charge in [0.15, 0.2) is 0 Å². The molecule has 1 aromatic heterocycles. The highest BCUT2D eigenvalue weighted by Gasteiger charge is 2.37. The highest BCUT2D eigenvalue weighted by molar-refractivity contribution is 9.10. The Morgan fingerprint density at radius 3 is 2.10 bits per heavy atom. The van der Waals surface area contributed by atoms with Crippen molar-refractivity contribution in [2.75, 3.05) is 7.05 Å². The molecule has 0 fully saturated rings. The predicted molar refractivity (Wildman–Crippen MR) is 99.1 cm³/mol. The molecular formula is C19H15BrF6N2O2. The summed E-state index contributed by atoms with van der Waals surface area (Å²) in [6, 6.07) is 3.56. The molecule has 4 nitrogen and oxygen atoms in total. The smallest absolute Gasteiger partial charge is 0.337 e. The molecule has 0 spiro atoms. The van der Waals surface area contributed by atoms with Gasteiger partial charge in [-0.3, -0.25) is 9.59 Å². The maximum atomic E-state index is 13.1. The van der Waals surface area contributed by atoms with Crippen molar-refractivity contribution in [3.05, 3.63) is 67.5 Å². The summed E-state index contributed by atoms with van der Waals surface area (Å²) in [6.07, 6.45) is -9.93. The zero-order valence-corrected chi connectivity index (χ0v) is 17.0. The number of carbonyl (C=O) groups excluding carboxylic acids is 1. The highest BCUT2D eigenvalue weighted by atomic mass is 79.9. The average Bonchev–Trinajstić information content (AvgIpc) is 2.75. The summed E-state index contributed by atoms with van der Waals surface area (Å²) in [5, 5.41) is 0. The maximum absolute atomic E-state index is 13.1. The van der Waals surface area contributed by atoms with Gasteiger partial charge in [-0.25, -0.2) is 0 Å². The Balaban J connectivity index is 1.98. The van der Waals surface area contributed by atoms with E-state index in [0.29, 0.717) is 12.1 Å². The number of pyridine rings is 1. The summed E-state index contributed by atoms with van der Waals surface area (Å²) in [7, 11) is 1.41. The van der Waals surface area contributed by atoms with Crippen LogP contribution in [0.5, 0.6) is 0 Å². The second-order valence-electron chi connectivity index (χ2n) is 7.00. The molecule has 0 aliphatic carbocycles. The van der Waals surface area contributed by atoms with Gasteiger partial charge < -0.3 is 9.47 Å². The molecule has 2 aromatic rings. The van der Waals surface area contributed by atoms with E-state index in [4.69, 9.17) is 0 Å². The van der Waals surface area contributed by atoms with E-state index in [1.54, 1.807) is 0 Å². The molecule has 30 heavy (non-hydrogen) atoms. The molecule has 1 aromatic carbocycles. The molecule has 3 rings (SSSR count). The van der Waals surface area contributed by atoms with Crippen molar-refractivity contribution in [1.82, 2.24) is 9.47 Å². The van der Waals surface area contributed by atoms with Crippen molar-refractivity contribution >= 4 is 21.8 Å². The van der Waals surface area contributed by atoms with Gasteiger partial charge in [0.2, 0.25) is 0 Å². The van der Waals surface area contributed by atoms with E-state index < -0.39 is 41.0 Å². The van der Waals surface area contributed by atoms with E-state index in [9.17, 15) is 35.9 Å². The predicted octanol–water partition coefficient (Wildman–Crippen LogP) is 4.74. The van der Waals surface area contributed by atoms with Crippen molar-refractivity contribution in [3.63, 3.8) is 0 Å². The number of carbonyl (C=O) groups is 1. The molecule has 0 N–H and O–H groups in total. The van der Waals surface area contributed by atoms with E-state index in [1.165, 1.54) is 28.6 Å². The van der Waals surface area contributed by atoms with Gasteiger partial charge in [-0.05, 0) is 64.7 Å². The van der Waals surface area contributed by atoms with Gasteiger partial charge in [0.1, 0.15) is 5.69 Å². The van der Waals surface area contributed by atoms with Crippen molar-refractivity contribution in [1.29, 1.82) is 0 Å². The number of alkyl halides is 6. The van der Waals surface area contributed by atoms with Crippen LogP contribution in [0.3, 0.4) is 0 Å². The van der Waals surface area contributed by atoms with Crippen molar-refractivity contribution in [2.24, 2.45) is 0 Å². The number of amides is 1. The summed E-state index contributed by atoms with van der Waals surface area (Å²) in [5.74, 6) is -0.537. The number of likely N-dealkylation sites (N-methyl/N-ethyl adjacent to an activating group) is 1. The second-order valence-corrected chi connectivity index (χ2v) is 7.85. The summed E-state index contributed by atoms with van der Waals surface area (Å²) >= 11 is 3.09. The first-order valence-corrected chi connectivity index (χ1v) is 9.53. The second kappa shape index (κ2) is 7.75. The molecule has 162 valence electrons. The van der Waals surface area contributed by atoms with Crippen LogP contribution in [0.15, 0.2) is 39.6 Å². The standard InChI is InChI=1S/C19H15BrF6N2O2/c1-27-13(4-5-28-15(17(27)30)3-2-14(20)16(28)29)8-10-6-11(18(21,22)23)9-12(7-10)19(24,25)26/h2-3,6-7,9,13H,4-5,8H2,1H3. The molecule has 0 bridgehead atoms. The van der Waals surface area contributed by atoms with Crippen LogP contribution >= 0.6 is 15.9 Å². The topological polar surface area (TPSA) is 42.3 Å². The molecule has 0 saturated carbocycles. The van der Waals surface area contributed by atoms with Crippen molar-refractivity contribution < 1.29 is 31.1 Å². The fraction of sp³-hybridized carbons (Fsp3) is 0.368. The summed E-state index contributed by atoms with van der Waals surface area (Å²) in [4.78, 5) is 26.3. The summed E-state index contributed by atoms with van der Waals surface area (Å²) < 4.78 is 80.1. The lowest BCUT2D eigenvalue weighted by molar-refractivity contribution is -0.143. The van der Waals surface area contributed by atoms with Crippen LogP contribution in [0.4, 0.5) is 26.3 Å². The lowest BCUT2D eigenvalue weighted by atomic mass is 9.97. The number of rotatable bonds is 2. The van der Waals surface area contributed by atoms with Gasteiger partial charge >= 0.3 is 12.4 Å². The quantitative estimate of drug-likeness (QED) is 0.563. The molecule has 1 amide bonds. The normalized spacial score (nSPS) is 17.7. The van der Waals surface area contributed by atoms with E-state index in [2.05, 4.69) is 15.9 Å². The minimum atomic E-state index is -4.95. The Morgan fingerprint density at radius 2 is 1.57 bits per heavy atom. The SMILES string of the molecule is CN1C(=O)c2ccc(Br)c(=O)n2CCC1Cc1cc(C(F)(F)F)cc(C(F)(F)F)c1. The van der Waals surface area contributed by atoms with Gasteiger partial charge in [-0.15, -0.1) is 0 Å². The van der Waals surface area contributed by atoms with Crippen molar-refractivity contribution in [3.8, 4) is 0 Å². The van der Waals surface area contributed by atoms with Gasteiger partial charge in [0.05, 0.1) is 15.6 Å². The van der Waals surface area contributed by atoms with Crippen LogP contribution in [-0.4, -0.2) is 28.5 Å². The Kier molecular flexibility index (Phi) is 5.78. The molecular weight excluding hydrogens is 482 g/mol. The molecule has 1 unspecified atom stereocenters. The Morgan fingerprint density at radius 1 is 1.00 bits per heavy atom. The minimum Gasteiger partial charge on any atom is -0.337 e. The van der Waals surface area contributed by atoms with Crippen LogP contribution in [0.1, 0.15) is 33.6 Å². The number of fused-ring (bicyclic) bond motifs is 1. The number of benzene rings is 1. The van der Waals surface area contributed by atoms with Gasteiger partial charge in [0, 0.05) is 19.6 Å². The highest BCUT2D eigenvalue weighted by Crippen LogP contribution is 2.37. The third-order valence-electron chi connectivity index (χ3n) is 5.02. The molecule has 1 aliphatic heterocycles. The molecule has 1 atom stereocenters. The third-order valence-corrected chi connectivity index (χ3v) is 5.62. The number of aromatic nitrogens is 1. The van der Waals surface area contributed by atoms with Crippen LogP contribution in [0.25, 0.3) is 0 Å². The number of halogens is 7. The number of hydrogen-bond donors (Lipinski definition) is 0. The first kappa shape index (κ1) is 22.4. The lowest BCUT2D eigenvalue weighted by Gasteiger charge is -2.26. The molecule has 2 heterocycles.